The minimum absolute atomic E-state index is 0.462. The van der Waals surface area contributed by atoms with Gasteiger partial charge in [-0.1, -0.05) is 23.7 Å². The van der Waals surface area contributed by atoms with Gasteiger partial charge >= 0.3 is 0 Å². The molecular formula is C12H16ClN3. The van der Waals surface area contributed by atoms with Crippen LogP contribution in [0, 0.1) is 0 Å². The van der Waals surface area contributed by atoms with Gasteiger partial charge in [-0.3, -0.25) is 4.99 Å². The largest absolute Gasteiger partial charge is 0.370 e. The fourth-order valence-electron chi connectivity index (χ4n) is 2.02. The summed E-state index contributed by atoms with van der Waals surface area (Å²) in [6.07, 6.45) is 2.22. The fraction of sp³-hybridized carbons (Fsp3) is 0.417. The average Bonchev–Trinajstić information content (AvgIpc) is 2.24. The van der Waals surface area contributed by atoms with Crippen molar-refractivity contribution in [3.8, 4) is 0 Å². The maximum atomic E-state index is 5.85. The molecule has 0 radical (unpaired) electrons. The van der Waals surface area contributed by atoms with E-state index in [1.165, 1.54) is 5.56 Å². The number of nitrogens with two attached hydrogens (primary N) is 1. The first-order valence-corrected chi connectivity index (χ1v) is 5.81. The van der Waals surface area contributed by atoms with E-state index in [-0.39, 0.29) is 0 Å². The van der Waals surface area contributed by atoms with Crippen molar-refractivity contribution in [1.29, 1.82) is 0 Å². The Kier molecular flexibility index (Phi) is 3.34. The summed E-state index contributed by atoms with van der Waals surface area (Å²) in [6, 6.07) is 8.55. The first-order chi connectivity index (χ1) is 7.69. The fourth-order valence-corrected chi connectivity index (χ4v) is 2.14. The minimum atomic E-state index is 0.462. The Labute approximate surface area is 101 Å². The zero-order valence-electron chi connectivity index (χ0n) is 9.28. The summed E-state index contributed by atoms with van der Waals surface area (Å²) in [5.41, 5.74) is 6.96. The second-order valence-corrected chi connectivity index (χ2v) is 4.61. The van der Waals surface area contributed by atoms with Crippen LogP contribution in [0.3, 0.4) is 0 Å². The van der Waals surface area contributed by atoms with Gasteiger partial charge in [0.1, 0.15) is 0 Å². The number of halogens is 1. The summed E-state index contributed by atoms with van der Waals surface area (Å²) in [6.45, 7) is 0. The minimum Gasteiger partial charge on any atom is -0.370 e. The summed E-state index contributed by atoms with van der Waals surface area (Å²) in [7, 11) is 1.69. The van der Waals surface area contributed by atoms with Gasteiger partial charge < -0.3 is 11.1 Å². The zero-order valence-corrected chi connectivity index (χ0v) is 10.0. The van der Waals surface area contributed by atoms with E-state index in [0.717, 1.165) is 17.9 Å². The molecule has 0 amide bonds. The van der Waals surface area contributed by atoms with Crippen LogP contribution in [-0.4, -0.2) is 19.0 Å². The highest BCUT2D eigenvalue weighted by atomic mass is 35.5. The highest BCUT2D eigenvalue weighted by Gasteiger charge is 2.30. The highest BCUT2D eigenvalue weighted by Crippen LogP contribution is 2.37. The molecular weight excluding hydrogens is 222 g/mol. The number of nitrogens with one attached hydrogen (secondary N) is 1. The Balaban J connectivity index is 1.86. The second kappa shape index (κ2) is 4.74. The van der Waals surface area contributed by atoms with Gasteiger partial charge in [-0.25, -0.2) is 0 Å². The van der Waals surface area contributed by atoms with Crippen LogP contribution >= 0.6 is 11.6 Å². The van der Waals surface area contributed by atoms with Gasteiger partial charge in [0.05, 0.1) is 0 Å². The Morgan fingerprint density at radius 1 is 1.38 bits per heavy atom. The molecule has 0 heterocycles. The van der Waals surface area contributed by atoms with Crippen LogP contribution in [0.25, 0.3) is 0 Å². The highest BCUT2D eigenvalue weighted by molar-refractivity contribution is 6.30. The number of rotatable bonds is 2. The van der Waals surface area contributed by atoms with Crippen molar-refractivity contribution in [3.05, 3.63) is 34.9 Å². The summed E-state index contributed by atoms with van der Waals surface area (Å²) >= 11 is 5.85. The molecule has 1 aromatic carbocycles. The third-order valence-corrected chi connectivity index (χ3v) is 3.32. The van der Waals surface area contributed by atoms with Crippen molar-refractivity contribution in [3.63, 3.8) is 0 Å². The molecule has 86 valence electrons. The molecule has 1 aliphatic carbocycles. The Hall–Kier alpha value is -1.22. The zero-order chi connectivity index (χ0) is 11.5. The molecule has 4 heteroatoms. The van der Waals surface area contributed by atoms with Crippen molar-refractivity contribution >= 4 is 17.6 Å². The van der Waals surface area contributed by atoms with E-state index in [9.17, 15) is 0 Å². The van der Waals surface area contributed by atoms with Gasteiger partial charge in [-0.05, 0) is 36.5 Å². The Morgan fingerprint density at radius 3 is 2.56 bits per heavy atom. The first kappa shape index (κ1) is 11.3. The molecule has 0 aliphatic heterocycles. The number of nitrogens with zero attached hydrogens (tertiary/aromatic N) is 1. The third-order valence-electron chi connectivity index (χ3n) is 3.07. The van der Waals surface area contributed by atoms with Gasteiger partial charge in [0, 0.05) is 18.1 Å². The molecule has 0 saturated heterocycles. The Bertz CT molecular complexity index is 380. The monoisotopic (exact) mass is 237 g/mol. The lowest BCUT2D eigenvalue weighted by atomic mass is 9.76. The van der Waals surface area contributed by atoms with Crippen LogP contribution in [0.5, 0.6) is 0 Å². The molecule has 0 aromatic heterocycles. The SMILES string of the molecule is CN=C(N)NC1CC(c2ccc(Cl)cc2)C1. The van der Waals surface area contributed by atoms with E-state index in [1.54, 1.807) is 7.05 Å². The van der Waals surface area contributed by atoms with Crippen molar-refractivity contribution < 1.29 is 0 Å². The van der Waals surface area contributed by atoms with Gasteiger partial charge in [-0.15, -0.1) is 0 Å². The normalized spacial score (nSPS) is 25.0. The van der Waals surface area contributed by atoms with Crippen LogP contribution in [-0.2, 0) is 0 Å². The van der Waals surface area contributed by atoms with E-state index in [1.807, 2.05) is 12.1 Å². The van der Waals surface area contributed by atoms with Gasteiger partial charge in [0.2, 0.25) is 0 Å². The maximum Gasteiger partial charge on any atom is 0.188 e. The van der Waals surface area contributed by atoms with Crippen LogP contribution in [0.15, 0.2) is 29.3 Å². The molecule has 0 spiro atoms. The molecule has 2 rings (SSSR count). The predicted molar refractivity (Wildman–Crippen MR) is 67.9 cm³/mol. The number of guanidine groups is 1. The maximum absolute atomic E-state index is 5.85. The van der Waals surface area contributed by atoms with Crippen molar-refractivity contribution in [2.24, 2.45) is 10.7 Å². The molecule has 3 nitrogen and oxygen atoms in total. The predicted octanol–water partition coefficient (Wildman–Crippen LogP) is 2.12. The Morgan fingerprint density at radius 2 is 2.00 bits per heavy atom. The number of aliphatic imine (C=N–C) groups is 1. The van der Waals surface area contributed by atoms with Crippen LogP contribution in [0.1, 0.15) is 24.3 Å². The smallest absolute Gasteiger partial charge is 0.188 e. The molecule has 0 bridgehead atoms. The summed E-state index contributed by atoms with van der Waals surface area (Å²) < 4.78 is 0. The molecule has 1 aromatic rings. The van der Waals surface area contributed by atoms with Crippen molar-refractivity contribution in [1.82, 2.24) is 5.32 Å². The number of benzene rings is 1. The lowest BCUT2D eigenvalue weighted by Crippen LogP contribution is -2.46. The van der Waals surface area contributed by atoms with Crippen molar-refractivity contribution in [2.45, 2.75) is 24.8 Å². The number of hydrogen-bond donors (Lipinski definition) is 2. The molecule has 0 unspecified atom stereocenters. The van der Waals surface area contributed by atoms with E-state index in [0.29, 0.717) is 17.9 Å². The molecule has 1 fully saturated rings. The molecule has 1 saturated carbocycles. The second-order valence-electron chi connectivity index (χ2n) is 4.17. The molecule has 0 atom stereocenters. The summed E-state index contributed by atoms with van der Waals surface area (Å²) in [5, 5.41) is 3.97. The van der Waals surface area contributed by atoms with Crippen LogP contribution < -0.4 is 11.1 Å². The van der Waals surface area contributed by atoms with E-state index < -0.39 is 0 Å². The lowest BCUT2D eigenvalue weighted by Gasteiger charge is -2.36. The molecule has 3 N–H and O–H groups in total. The summed E-state index contributed by atoms with van der Waals surface area (Å²) in [4.78, 5) is 3.89. The standard InChI is InChI=1S/C12H16ClN3/c1-15-12(14)16-11-6-9(7-11)8-2-4-10(13)5-3-8/h2-5,9,11H,6-7H2,1H3,(H3,14,15,16). The molecule has 16 heavy (non-hydrogen) atoms. The van der Waals surface area contributed by atoms with Gasteiger partial charge in [0.25, 0.3) is 0 Å². The lowest BCUT2D eigenvalue weighted by molar-refractivity contribution is 0.323. The first-order valence-electron chi connectivity index (χ1n) is 5.43. The van der Waals surface area contributed by atoms with E-state index in [4.69, 9.17) is 17.3 Å². The van der Waals surface area contributed by atoms with Crippen LogP contribution in [0.2, 0.25) is 5.02 Å². The van der Waals surface area contributed by atoms with Crippen molar-refractivity contribution in [2.75, 3.05) is 7.05 Å². The van der Waals surface area contributed by atoms with Gasteiger partial charge in [0.15, 0.2) is 5.96 Å². The van der Waals surface area contributed by atoms with Crippen LogP contribution in [0.4, 0.5) is 0 Å². The quantitative estimate of drug-likeness (QED) is 0.612. The molecule has 1 aliphatic rings. The topological polar surface area (TPSA) is 50.4 Å². The van der Waals surface area contributed by atoms with E-state index in [2.05, 4.69) is 22.4 Å². The third kappa shape index (κ3) is 2.47. The van der Waals surface area contributed by atoms with E-state index >= 15 is 0 Å². The average molecular weight is 238 g/mol. The number of hydrogen-bond acceptors (Lipinski definition) is 1. The van der Waals surface area contributed by atoms with Gasteiger partial charge in [-0.2, -0.15) is 0 Å². The summed E-state index contributed by atoms with van der Waals surface area (Å²) in [5.74, 6) is 1.15.